The van der Waals surface area contributed by atoms with Gasteiger partial charge in [-0.2, -0.15) is 0 Å². The molecule has 0 amide bonds. The predicted octanol–water partition coefficient (Wildman–Crippen LogP) is 38.0. The summed E-state index contributed by atoms with van der Waals surface area (Å²) >= 11 is 25.8. The Morgan fingerprint density at radius 3 is 1.13 bits per heavy atom. The molecule has 658 valence electrons. The van der Waals surface area contributed by atoms with Crippen molar-refractivity contribution in [3.05, 3.63) is 575 Å². The van der Waals surface area contributed by atoms with Crippen molar-refractivity contribution in [2.24, 2.45) is 0 Å². The van der Waals surface area contributed by atoms with Crippen molar-refractivity contribution in [2.75, 3.05) is 19.6 Å². The predicted molar refractivity (Wildman–Crippen MR) is 581 cm³/mol. The zero-order valence-electron chi connectivity index (χ0n) is 80.0. The quantitative estimate of drug-likeness (QED) is 0.0905. The van der Waals surface area contributed by atoms with Gasteiger partial charge in [-0.15, -0.1) is 0 Å². The standard InChI is InChI=1S/C43H28ClNO.C33H26ClN.C28H20ClN.C24H18ClN/c44-31-18-11-19-32(28-31)45(38-25-13-27-40-42(38)34-21-8-10-26-39(34)46-40)37-24-12-23-36-41(37)33-20-7-9-22-35(33)43(36,29-14-3-1-4-15-29)30-16-5-2-6-17-30;1-33(2)30-16-7-6-14-28(30)29-15-9-17-31(32(29)33)35(27-13-8-12-25(34)22-27)26-20-18-24(19-21-26)23-10-4-3-5-11-23;29-24-12-7-13-26(20-24)30(28-15-6-11-23-10-4-5-14-27(23)28)25-18-16-22(17-19-25)21-8-2-1-3-9-21;25-21-10-7-13-24(18-21)26(22-11-5-2-6-12-22)23-16-14-20(15-17-23)19-8-3-1-4-9-19/h1-28H;3-22H,1-2H3;1-20H;1-18H/i;;;2D,5D,6D,11D,12D. The molecule has 5 nitrogen and oxygen atoms in total. The molecule has 24 rings (SSSR count). The van der Waals surface area contributed by atoms with Crippen molar-refractivity contribution in [3.8, 4) is 55.6 Å². The van der Waals surface area contributed by atoms with E-state index in [9.17, 15) is 0 Å². The summed E-state index contributed by atoms with van der Waals surface area (Å²) in [5.74, 6) is 0. The monoisotopic (exact) mass is 1850 g/mol. The molecule has 0 N–H and O–H groups in total. The van der Waals surface area contributed by atoms with Gasteiger partial charge in [-0.1, -0.05) is 424 Å². The molecule has 0 aliphatic heterocycles. The molecule has 22 aromatic rings. The minimum Gasteiger partial charge on any atom is -0.456 e. The first-order valence-electron chi connectivity index (χ1n) is 48.2. The molecule has 0 unspecified atom stereocenters. The number of halogens is 4. The van der Waals surface area contributed by atoms with E-state index in [1.165, 1.54) is 94.3 Å². The van der Waals surface area contributed by atoms with Gasteiger partial charge in [-0.3, -0.25) is 0 Å². The number of furan rings is 1. The first-order chi connectivity index (χ1) is 69.5. The van der Waals surface area contributed by atoms with Crippen molar-refractivity contribution in [3.63, 3.8) is 0 Å². The Morgan fingerprint density at radius 2 is 0.599 bits per heavy atom. The van der Waals surface area contributed by atoms with Crippen LogP contribution in [0.4, 0.5) is 68.2 Å². The van der Waals surface area contributed by atoms with Crippen LogP contribution in [0.25, 0.3) is 88.3 Å². The van der Waals surface area contributed by atoms with Crippen molar-refractivity contribution in [2.45, 2.75) is 24.7 Å². The topological polar surface area (TPSA) is 26.1 Å². The molecule has 1 aromatic heterocycles. The summed E-state index contributed by atoms with van der Waals surface area (Å²) in [6.07, 6.45) is 0. The molecular formula is C128H92Cl4N4O. The van der Waals surface area contributed by atoms with E-state index in [0.29, 0.717) is 21.4 Å². The minimum atomic E-state index is -0.501. The Bertz CT molecular complexity index is 8310. The van der Waals surface area contributed by atoms with Gasteiger partial charge in [0.15, 0.2) is 0 Å². The van der Waals surface area contributed by atoms with E-state index < -0.39 is 11.5 Å². The lowest BCUT2D eigenvalue weighted by molar-refractivity contribution is 0.661. The maximum atomic E-state index is 8.45. The van der Waals surface area contributed by atoms with Crippen LogP contribution in [0.5, 0.6) is 0 Å². The highest BCUT2D eigenvalue weighted by molar-refractivity contribution is 6.32. The van der Waals surface area contributed by atoms with Crippen LogP contribution in [0.2, 0.25) is 20.1 Å². The summed E-state index contributed by atoms with van der Waals surface area (Å²) in [5, 5.41) is 7.17. The summed E-state index contributed by atoms with van der Waals surface area (Å²) in [6.45, 7) is 4.66. The van der Waals surface area contributed by atoms with Gasteiger partial charge < -0.3 is 24.0 Å². The molecule has 0 atom stereocenters. The van der Waals surface area contributed by atoms with Gasteiger partial charge in [0.1, 0.15) is 11.2 Å². The molecule has 0 saturated heterocycles. The third-order valence-electron chi connectivity index (χ3n) is 25.8. The lowest BCUT2D eigenvalue weighted by Crippen LogP contribution is -2.28. The maximum Gasteiger partial charge on any atom is 0.137 e. The van der Waals surface area contributed by atoms with E-state index in [1.54, 1.807) is 29.2 Å². The van der Waals surface area contributed by atoms with Crippen LogP contribution in [0.1, 0.15) is 54.1 Å². The van der Waals surface area contributed by atoms with E-state index >= 15 is 0 Å². The molecule has 137 heavy (non-hydrogen) atoms. The first-order valence-corrected chi connectivity index (χ1v) is 47.2. The number of fused-ring (bicyclic) bond motifs is 10. The first kappa shape index (κ1) is 81.8. The second-order valence-corrected chi connectivity index (χ2v) is 36.1. The fourth-order valence-corrected chi connectivity index (χ4v) is 20.5. The molecule has 21 aromatic carbocycles. The average molecular weight is 1850 g/mol. The van der Waals surface area contributed by atoms with Gasteiger partial charge in [0.2, 0.25) is 0 Å². The van der Waals surface area contributed by atoms with E-state index in [1.807, 2.05) is 127 Å². The normalized spacial score (nSPS) is 12.6. The summed E-state index contributed by atoms with van der Waals surface area (Å²) in [6, 6.07) is 168. The number of hydrogen-bond donors (Lipinski definition) is 0. The van der Waals surface area contributed by atoms with Gasteiger partial charge in [0.05, 0.1) is 40.4 Å². The highest BCUT2D eigenvalue weighted by atomic mass is 35.5. The molecule has 0 bridgehead atoms. The fourth-order valence-electron chi connectivity index (χ4n) is 19.8. The Balaban J connectivity index is 0.000000114. The van der Waals surface area contributed by atoms with Crippen LogP contribution in [-0.2, 0) is 10.8 Å². The molecule has 1 heterocycles. The van der Waals surface area contributed by atoms with Gasteiger partial charge in [-0.05, 0) is 247 Å². The van der Waals surface area contributed by atoms with Gasteiger partial charge in [0.25, 0.3) is 0 Å². The number of benzene rings is 21. The van der Waals surface area contributed by atoms with Crippen LogP contribution in [-0.4, -0.2) is 0 Å². The second-order valence-electron chi connectivity index (χ2n) is 34.3. The highest BCUT2D eigenvalue weighted by Crippen LogP contribution is 2.61. The van der Waals surface area contributed by atoms with Gasteiger partial charge in [0, 0.05) is 87.3 Å². The number of nitrogens with zero attached hydrogens (tertiary/aromatic N) is 4. The number of rotatable bonds is 17. The summed E-state index contributed by atoms with van der Waals surface area (Å²) in [4.78, 5) is 8.61. The van der Waals surface area contributed by atoms with Crippen molar-refractivity contribution in [1.82, 2.24) is 0 Å². The van der Waals surface area contributed by atoms with Gasteiger partial charge in [-0.25, -0.2) is 0 Å². The highest BCUT2D eigenvalue weighted by Gasteiger charge is 2.48. The fraction of sp³-hybridized carbons (Fsp3) is 0.0312. The van der Waals surface area contributed by atoms with Crippen LogP contribution in [0.15, 0.2) is 526 Å². The Hall–Kier alpha value is -16.0. The molecule has 0 radical (unpaired) electrons. The Labute approximate surface area is 827 Å². The zero-order chi connectivity index (χ0) is 97.1. The lowest BCUT2D eigenvalue weighted by atomic mass is 9.68. The van der Waals surface area contributed by atoms with Crippen LogP contribution in [0.3, 0.4) is 0 Å². The van der Waals surface area contributed by atoms with E-state index in [-0.39, 0.29) is 35.3 Å². The van der Waals surface area contributed by atoms with Crippen molar-refractivity contribution >= 4 is 147 Å². The molecule has 2 aliphatic carbocycles. The van der Waals surface area contributed by atoms with Crippen LogP contribution < -0.4 is 19.6 Å². The third-order valence-corrected chi connectivity index (χ3v) is 26.7. The minimum absolute atomic E-state index is 0.0701. The molecule has 0 fully saturated rings. The summed E-state index contributed by atoms with van der Waals surface area (Å²) in [7, 11) is 0. The largest absolute Gasteiger partial charge is 0.456 e. The molecule has 0 saturated carbocycles. The van der Waals surface area contributed by atoms with E-state index in [0.717, 1.165) is 88.6 Å². The van der Waals surface area contributed by atoms with E-state index in [4.69, 9.17) is 57.7 Å². The Morgan fingerprint density at radius 1 is 0.241 bits per heavy atom. The second kappa shape index (κ2) is 38.9. The van der Waals surface area contributed by atoms with Crippen LogP contribution in [0, 0.1) is 0 Å². The lowest BCUT2D eigenvalue weighted by Gasteiger charge is -2.34. The summed E-state index contributed by atoms with van der Waals surface area (Å²) < 4.78 is 47.4. The number of anilines is 12. The van der Waals surface area contributed by atoms with Crippen LogP contribution >= 0.6 is 46.4 Å². The molecular weight excluding hydrogens is 1750 g/mol. The molecule has 2 aliphatic rings. The zero-order valence-corrected chi connectivity index (χ0v) is 78.0. The number of para-hydroxylation sites is 2. The third kappa shape index (κ3) is 17.4. The SMILES string of the molecule is CC1(C)c2ccccc2-c2cccc(N(c3ccc(-c4ccccc4)cc3)c3cccc(Cl)c3)c21.Clc1cccc(N(c2ccc(-c3ccccc3)cc2)c2cccc3ccccc23)c1.Clc1cccc(N(c2cccc3c2-c2ccccc2C3(c2ccccc2)c2ccccc2)c2cccc3oc4ccccc4c23)c1.[2H]c1c([2H])c([2H])c(N(c2ccc(-c3ccccc3)cc2)c2cccc(Cl)c2)c([2H])c1[2H]. The van der Waals surface area contributed by atoms with Crippen molar-refractivity contribution in [1.29, 1.82) is 0 Å². The number of hydrogen-bond acceptors (Lipinski definition) is 5. The summed E-state index contributed by atoms with van der Waals surface area (Å²) in [5.41, 5.74) is 31.7. The van der Waals surface area contributed by atoms with Gasteiger partial charge >= 0.3 is 0 Å². The van der Waals surface area contributed by atoms with Crippen molar-refractivity contribution < 1.29 is 11.3 Å². The average Bonchev–Trinajstić information content (AvgIpc) is 1.53. The maximum absolute atomic E-state index is 8.45. The molecule has 9 heteroatoms. The smallest absolute Gasteiger partial charge is 0.137 e. The Kier molecular flexibility index (Phi) is 23.2. The molecule has 0 spiro atoms. The van der Waals surface area contributed by atoms with E-state index in [2.05, 4.69) is 368 Å².